The molecule has 1 aromatic heterocycles. The number of hydrogen-bond donors (Lipinski definition) is 1. The van der Waals surface area contributed by atoms with Gasteiger partial charge in [-0.3, -0.25) is 0 Å². The second kappa shape index (κ2) is 8.80. The minimum atomic E-state index is -4.12. The maximum absolute atomic E-state index is 13.8. The van der Waals surface area contributed by atoms with Crippen LogP contribution in [0.5, 0.6) is 5.75 Å². The molecule has 0 unspecified atom stereocenters. The number of benzene rings is 2. The number of ether oxygens (including phenoxy) is 2. The summed E-state index contributed by atoms with van der Waals surface area (Å²) in [6.45, 7) is 6.33. The molecule has 0 amide bonds. The highest BCUT2D eigenvalue weighted by molar-refractivity contribution is 7.90. The van der Waals surface area contributed by atoms with E-state index in [1.165, 1.54) is 12.1 Å². The second-order valence-electron chi connectivity index (χ2n) is 8.26. The fraction of sp³-hybridized carbons (Fsp3) is 0.391. The van der Waals surface area contributed by atoms with Gasteiger partial charge in [0.1, 0.15) is 12.4 Å². The zero-order chi connectivity index (χ0) is 23.9. The standard InChI is InChI=1S/C23H27N5O5S/c1-3-32-23(29)22-18-6-4-16(27-10-8-24-9-11-27)14-20(18)28(25-22)34(30,31)17-5-7-19-21(15-17)33-13-12-26(19)2/h4-7,14-15,24H,3,8-13H2,1-2H3. The molecule has 0 radical (unpaired) electrons. The Kier molecular flexibility index (Phi) is 5.82. The van der Waals surface area contributed by atoms with E-state index in [0.717, 1.165) is 48.2 Å². The summed E-state index contributed by atoms with van der Waals surface area (Å²) in [4.78, 5) is 16.8. The minimum absolute atomic E-state index is 0.0266. The van der Waals surface area contributed by atoms with Crippen LogP contribution in [0, 0.1) is 0 Å². The first kappa shape index (κ1) is 22.5. The lowest BCUT2D eigenvalue weighted by atomic mass is 10.1. The number of carbonyl (C=O) groups excluding carboxylic acids is 1. The predicted molar refractivity (Wildman–Crippen MR) is 129 cm³/mol. The molecule has 3 heterocycles. The molecule has 1 saturated heterocycles. The van der Waals surface area contributed by atoms with Gasteiger partial charge in [0.25, 0.3) is 10.0 Å². The average molecular weight is 486 g/mol. The largest absolute Gasteiger partial charge is 0.490 e. The number of hydrogen-bond acceptors (Lipinski definition) is 9. The van der Waals surface area contributed by atoms with Gasteiger partial charge in [0.05, 0.1) is 29.3 Å². The molecule has 34 heavy (non-hydrogen) atoms. The third-order valence-electron chi connectivity index (χ3n) is 6.14. The Morgan fingerprint density at radius 2 is 1.94 bits per heavy atom. The summed E-state index contributed by atoms with van der Waals surface area (Å²) in [5.74, 6) is -0.162. The molecule has 0 atom stereocenters. The number of aromatic nitrogens is 2. The summed E-state index contributed by atoms with van der Waals surface area (Å²) < 4.78 is 39.3. The van der Waals surface area contributed by atoms with E-state index in [9.17, 15) is 13.2 Å². The van der Waals surface area contributed by atoms with Crippen molar-refractivity contribution in [3.8, 4) is 5.75 Å². The van der Waals surface area contributed by atoms with E-state index in [2.05, 4.69) is 15.3 Å². The van der Waals surface area contributed by atoms with E-state index in [1.807, 2.05) is 18.0 Å². The third-order valence-corrected chi connectivity index (χ3v) is 7.72. The zero-order valence-corrected chi connectivity index (χ0v) is 20.0. The first-order valence-electron chi connectivity index (χ1n) is 11.3. The van der Waals surface area contributed by atoms with Crippen molar-refractivity contribution in [3.63, 3.8) is 0 Å². The van der Waals surface area contributed by atoms with E-state index >= 15 is 0 Å². The van der Waals surface area contributed by atoms with E-state index in [1.54, 1.807) is 25.1 Å². The fourth-order valence-corrected chi connectivity index (χ4v) is 5.62. The first-order chi connectivity index (χ1) is 16.4. The maximum Gasteiger partial charge on any atom is 0.359 e. The molecular formula is C23H27N5O5S. The van der Waals surface area contributed by atoms with E-state index < -0.39 is 16.0 Å². The van der Waals surface area contributed by atoms with Gasteiger partial charge in [0.2, 0.25) is 0 Å². The monoisotopic (exact) mass is 485 g/mol. The number of esters is 1. The number of anilines is 2. The van der Waals surface area contributed by atoms with Crippen LogP contribution < -0.4 is 19.9 Å². The molecule has 2 aliphatic rings. The highest BCUT2D eigenvalue weighted by atomic mass is 32.2. The number of fused-ring (bicyclic) bond motifs is 2. The Labute approximate surface area is 198 Å². The van der Waals surface area contributed by atoms with Crippen molar-refractivity contribution in [1.29, 1.82) is 0 Å². The zero-order valence-electron chi connectivity index (χ0n) is 19.2. The summed E-state index contributed by atoms with van der Waals surface area (Å²) in [5, 5.41) is 7.98. The van der Waals surface area contributed by atoms with Gasteiger partial charge in [-0.05, 0) is 37.3 Å². The molecule has 5 rings (SSSR count). The summed E-state index contributed by atoms with van der Waals surface area (Å²) >= 11 is 0. The SMILES string of the molecule is CCOC(=O)c1nn(S(=O)(=O)c2ccc3c(c2)OCCN3C)c2cc(N3CCNCC3)ccc12. The molecule has 2 aliphatic heterocycles. The Bertz CT molecular complexity index is 1350. The van der Waals surface area contributed by atoms with Gasteiger partial charge in [-0.25, -0.2) is 4.79 Å². The van der Waals surface area contributed by atoms with Crippen LogP contribution in [0.3, 0.4) is 0 Å². The normalized spacial score (nSPS) is 16.3. The van der Waals surface area contributed by atoms with Crippen molar-refractivity contribution in [2.24, 2.45) is 0 Å². The Hall–Kier alpha value is -3.31. The Morgan fingerprint density at radius 1 is 1.15 bits per heavy atom. The van der Waals surface area contributed by atoms with Gasteiger partial charge in [-0.2, -0.15) is 12.5 Å². The van der Waals surface area contributed by atoms with Crippen LogP contribution in [-0.4, -0.2) is 76.6 Å². The van der Waals surface area contributed by atoms with Gasteiger partial charge in [0, 0.05) is 50.4 Å². The van der Waals surface area contributed by atoms with Gasteiger partial charge in [-0.1, -0.05) is 0 Å². The lowest BCUT2D eigenvalue weighted by molar-refractivity contribution is 0.0521. The molecule has 3 aromatic rings. The molecule has 0 aliphatic carbocycles. The van der Waals surface area contributed by atoms with Crippen LogP contribution in [0.2, 0.25) is 0 Å². The average Bonchev–Trinajstić information content (AvgIpc) is 3.24. The van der Waals surface area contributed by atoms with E-state index in [4.69, 9.17) is 9.47 Å². The quantitative estimate of drug-likeness (QED) is 0.541. The third kappa shape index (κ3) is 3.84. The topological polar surface area (TPSA) is 106 Å². The summed E-state index contributed by atoms with van der Waals surface area (Å²) in [6.07, 6.45) is 0. The van der Waals surface area contributed by atoms with Crippen LogP contribution in [0.25, 0.3) is 10.9 Å². The number of piperazine rings is 1. The van der Waals surface area contributed by atoms with Crippen molar-refractivity contribution >= 4 is 38.3 Å². The highest BCUT2D eigenvalue weighted by Crippen LogP contribution is 2.35. The summed E-state index contributed by atoms with van der Waals surface area (Å²) in [5.41, 5.74) is 2.00. The Morgan fingerprint density at radius 3 is 2.71 bits per heavy atom. The fourth-order valence-electron chi connectivity index (χ4n) is 4.33. The summed E-state index contributed by atoms with van der Waals surface area (Å²) in [6, 6.07) is 10.2. The van der Waals surface area contributed by atoms with Crippen LogP contribution in [0.15, 0.2) is 41.3 Å². The van der Waals surface area contributed by atoms with E-state index in [-0.39, 0.29) is 17.2 Å². The van der Waals surface area contributed by atoms with Gasteiger partial charge in [-0.15, -0.1) is 5.10 Å². The van der Waals surface area contributed by atoms with Crippen molar-refractivity contribution in [2.75, 3.05) is 62.8 Å². The number of nitrogens with one attached hydrogen (secondary N) is 1. The van der Waals surface area contributed by atoms with Crippen LogP contribution in [0.4, 0.5) is 11.4 Å². The molecule has 2 aromatic carbocycles. The molecule has 1 N–H and O–H groups in total. The maximum atomic E-state index is 13.8. The van der Waals surface area contributed by atoms with Crippen molar-refractivity contribution in [2.45, 2.75) is 11.8 Å². The first-order valence-corrected chi connectivity index (χ1v) is 12.7. The lowest BCUT2D eigenvalue weighted by Crippen LogP contribution is -2.43. The number of likely N-dealkylation sites (N-methyl/N-ethyl adjacent to an activating group) is 1. The molecule has 180 valence electrons. The van der Waals surface area contributed by atoms with Gasteiger partial charge >= 0.3 is 5.97 Å². The predicted octanol–water partition coefficient (Wildman–Crippen LogP) is 1.69. The molecule has 0 bridgehead atoms. The Balaban J connectivity index is 1.65. The number of carbonyl (C=O) groups is 1. The van der Waals surface area contributed by atoms with Gasteiger partial charge < -0.3 is 24.6 Å². The minimum Gasteiger partial charge on any atom is -0.490 e. The smallest absolute Gasteiger partial charge is 0.359 e. The van der Waals surface area contributed by atoms with Crippen molar-refractivity contribution in [1.82, 2.24) is 14.5 Å². The van der Waals surface area contributed by atoms with Crippen LogP contribution in [0.1, 0.15) is 17.4 Å². The highest BCUT2D eigenvalue weighted by Gasteiger charge is 2.28. The number of nitrogens with zero attached hydrogens (tertiary/aromatic N) is 4. The van der Waals surface area contributed by atoms with Crippen LogP contribution >= 0.6 is 0 Å². The second-order valence-corrected chi connectivity index (χ2v) is 10.0. The van der Waals surface area contributed by atoms with E-state index in [0.29, 0.717) is 23.3 Å². The van der Waals surface area contributed by atoms with Crippen LogP contribution in [-0.2, 0) is 14.8 Å². The molecule has 0 spiro atoms. The molecular weight excluding hydrogens is 458 g/mol. The molecule has 11 heteroatoms. The van der Waals surface area contributed by atoms with Crippen molar-refractivity contribution in [3.05, 3.63) is 42.1 Å². The molecule has 10 nitrogen and oxygen atoms in total. The van der Waals surface area contributed by atoms with Gasteiger partial charge in [0.15, 0.2) is 5.69 Å². The molecule has 0 saturated carbocycles. The number of rotatable bonds is 5. The van der Waals surface area contributed by atoms with Crippen molar-refractivity contribution < 1.29 is 22.7 Å². The molecule has 1 fully saturated rings. The summed E-state index contributed by atoms with van der Waals surface area (Å²) in [7, 11) is -2.19. The lowest BCUT2D eigenvalue weighted by Gasteiger charge is -2.29.